The van der Waals surface area contributed by atoms with Crippen LogP contribution in [0.1, 0.15) is 23.8 Å². The van der Waals surface area contributed by atoms with Crippen molar-refractivity contribution in [2.24, 2.45) is 5.92 Å². The van der Waals surface area contributed by atoms with Gasteiger partial charge in [0.05, 0.1) is 16.4 Å². The predicted molar refractivity (Wildman–Crippen MR) is 93.2 cm³/mol. The molecule has 3 heterocycles. The van der Waals surface area contributed by atoms with Crippen LogP contribution in [0.3, 0.4) is 0 Å². The summed E-state index contributed by atoms with van der Waals surface area (Å²) in [6.07, 6.45) is 7.13. The second kappa shape index (κ2) is 4.86. The SMILES string of the molecule is CC1CCc2sc3ncnc(-n4cnc5ccccc54)c3c2C1. The van der Waals surface area contributed by atoms with Crippen LogP contribution in [-0.4, -0.2) is 19.5 Å². The van der Waals surface area contributed by atoms with Gasteiger partial charge >= 0.3 is 0 Å². The number of hydrogen-bond acceptors (Lipinski definition) is 4. The number of benzene rings is 1. The van der Waals surface area contributed by atoms with Gasteiger partial charge < -0.3 is 0 Å². The van der Waals surface area contributed by atoms with E-state index in [9.17, 15) is 0 Å². The molecule has 0 spiro atoms. The zero-order valence-corrected chi connectivity index (χ0v) is 13.7. The Morgan fingerprint density at radius 1 is 1.17 bits per heavy atom. The quantitative estimate of drug-likeness (QED) is 0.529. The maximum absolute atomic E-state index is 4.62. The first-order valence-electron chi connectivity index (χ1n) is 7.99. The van der Waals surface area contributed by atoms with Gasteiger partial charge in [0.1, 0.15) is 17.5 Å². The molecule has 4 nitrogen and oxygen atoms in total. The van der Waals surface area contributed by atoms with Gasteiger partial charge in [-0.25, -0.2) is 15.0 Å². The summed E-state index contributed by atoms with van der Waals surface area (Å²) in [4.78, 5) is 16.3. The van der Waals surface area contributed by atoms with Crippen molar-refractivity contribution in [2.75, 3.05) is 0 Å². The third-order valence-corrected chi connectivity index (χ3v) is 5.95. The van der Waals surface area contributed by atoms with E-state index in [0.29, 0.717) is 0 Å². The first kappa shape index (κ1) is 13.2. The molecule has 1 atom stereocenters. The fourth-order valence-electron chi connectivity index (χ4n) is 3.58. The molecule has 1 aliphatic carbocycles. The Kier molecular flexibility index (Phi) is 2.79. The van der Waals surface area contributed by atoms with Gasteiger partial charge in [-0.15, -0.1) is 11.3 Å². The predicted octanol–water partition coefficient (Wildman–Crippen LogP) is 4.16. The lowest BCUT2D eigenvalue weighted by Gasteiger charge is -2.18. The molecule has 0 fully saturated rings. The number of para-hydroxylation sites is 2. The molecule has 114 valence electrons. The second-order valence-electron chi connectivity index (χ2n) is 6.33. The van der Waals surface area contributed by atoms with E-state index >= 15 is 0 Å². The Morgan fingerprint density at radius 2 is 2.09 bits per heavy atom. The van der Waals surface area contributed by atoms with Gasteiger partial charge in [-0.05, 0) is 42.9 Å². The van der Waals surface area contributed by atoms with Crippen LogP contribution in [-0.2, 0) is 12.8 Å². The molecule has 4 aromatic rings. The monoisotopic (exact) mass is 320 g/mol. The minimum Gasteiger partial charge on any atom is -0.282 e. The van der Waals surface area contributed by atoms with E-state index < -0.39 is 0 Å². The summed E-state index contributed by atoms with van der Waals surface area (Å²) in [6, 6.07) is 8.19. The third-order valence-electron chi connectivity index (χ3n) is 4.75. The first-order valence-corrected chi connectivity index (χ1v) is 8.80. The summed E-state index contributed by atoms with van der Waals surface area (Å²) < 4.78 is 2.10. The number of nitrogens with zero attached hydrogens (tertiary/aromatic N) is 4. The van der Waals surface area contributed by atoms with Crippen molar-refractivity contribution in [3.05, 3.63) is 47.4 Å². The van der Waals surface area contributed by atoms with Crippen LogP contribution < -0.4 is 0 Å². The summed E-state index contributed by atoms with van der Waals surface area (Å²) >= 11 is 1.83. The second-order valence-corrected chi connectivity index (χ2v) is 7.42. The first-order chi connectivity index (χ1) is 11.3. The maximum atomic E-state index is 4.62. The van der Waals surface area contributed by atoms with E-state index in [-0.39, 0.29) is 0 Å². The minimum absolute atomic E-state index is 0.730. The smallest absolute Gasteiger partial charge is 0.150 e. The summed E-state index contributed by atoms with van der Waals surface area (Å²) in [5, 5.41) is 1.22. The molecule has 1 unspecified atom stereocenters. The van der Waals surface area contributed by atoms with Gasteiger partial charge in [-0.1, -0.05) is 19.1 Å². The van der Waals surface area contributed by atoms with Gasteiger partial charge in [0, 0.05) is 4.88 Å². The van der Waals surface area contributed by atoms with E-state index in [0.717, 1.165) is 34.0 Å². The third kappa shape index (κ3) is 1.93. The molecule has 5 heteroatoms. The highest BCUT2D eigenvalue weighted by molar-refractivity contribution is 7.18. The van der Waals surface area contributed by atoms with Gasteiger partial charge in [0.2, 0.25) is 0 Å². The Bertz CT molecular complexity index is 1030. The molecule has 0 N–H and O–H groups in total. The average Bonchev–Trinajstić information content (AvgIpc) is 3.15. The molecule has 1 aliphatic rings. The van der Waals surface area contributed by atoms with Crippen molar-refractivity contribution in [3.63, 3.8) is 0 Å². The number of thiophene rings is 1. The lowest BCUT2D eigenvalue weighted by atomic mass is 9.88. The van der Waals surface area contributed by atoms with Crippen LogP contribution >= 0.6 is 11.3 Å². The van der Waals surface area contributed by atoms with Gasteiger partial charge in [0.25, 0.3) is 0 Å². The highest BCUT2D eigenvalue weighted by Gasteiger charge is 2.24. The maximum Gasteiger partial charge on any atom is 0.150 e. The van der Waals surface area contributed by atoms with E-state index in [1.54, 1.807) is 6.33 Å². The minimum atomic E-state index is 0.730. The van der Waals surface area contributed by atoms with Crippen molar-refractivity contribution >= 4 is 32.6 Å². The van der Waals surface area contributed by atoms with Crippen molar-refractivity contribution < 1.29 is 0 Å². The molecule has 5 rings (SSSR count). The summed E-state index contributed by atoms with van der Waals surface area (Å²) in [5.41, 5.74) is 3.55. The number of fused-ring (bicyclic) bond motifs is 4. The van der Waals surface area contributed by atoms with Crippen LogP contribution in [0, 0.1) is 5.92 Å². The lowest BCUT2D eigenvalue weighted by Crippen LogP contribution is -2.09. The molecule has 0 amide bonds. The molecule has 0 saturated carbocycles. The molecule has 23 heavy (non-hydrogen) atoms. The Morgan fingerprint density at radius 3 is 3.04 bits per heavy atom. The van der Waals surface area contributed by atoms with E-state index in [2.05, 4.69) is 32.5 Å². The van der Waals surface area contributed by atoms with Crippen molar-refractivity contribution in [1.29, 1.82) is 0 Å². The molecule has 0 radical (unpaired) electrons. The standard InChI is InChI=1S/C18H16N4S/c1-11-6-7-15-12(8-11)16-17(19-9-20-18(16)23-15)22-10-21-13-4-2-3-5-14(13)22/h2-5,9-11H,6-8H2,1H3. The zero-order valence-electron chi connectivity index (χ0n) is 12.9. The highest BCUT2D eigenvalue weighted by atomic mass is 32.1. The molecule has 0 aliphatic heterocycles. The van der Waals surface area contributed by atoms with Crippen LogP contribution in [0.25, 0.3) is 27.1 Å². The molecule has 3 aromatic heterocycles. The molecular formula is C18H16N4S. The van der Waals surface area contributed by atoms with Crippen molar-refractivity contribution in [3.8, 4) is 5.82 Å². The summed E-state index contributed by atoms with van der Waals surface area (Å²) in [5.74, 6) is 1.70. The van der Waals surface area contributed by atoms with Crippen molar-refractivity contribution in [2.45, 2.75) is 26.2 Å². The topological polar surface area (TPSA) is 43.6 Å². The molecule has 0 saturated heterocycles. The van der Waals surface area contributed by atoms with Crippen LogP contribution in [0.2, 0.25) is 0 Å². The lowest BCUT2D eigenvalue weighted by molar-refractivity contribution is 0.508. The normalized spacial score (nSPS) is 17.7. The zero-order chi connectivity index (χ0) is 15.4. The fraction of sp³-hybridized carbons (Fsp3) is 0.278. The Labute approximate surface area is 137 Å². The number of aromatic nitrogens is 4. The van der Waals surface area contributed by atoms with Crippen molar-refractivity contribution in [1.82, 2.24) is 19.5 Å². The van der Waals surface area contributed by atoms with Gasteiger partial charge in [0.15, 0.2) is 5.82 Å². The Balaban J connectivity index is 1.83. The molecule has 0 bridgehead atoms. The summed E-state index contributed by atoms with van der Waals surface area (Å²) in [6.45, 7) is 2.34. The number of rotatable bonds is 1. The molecule has 1 aromatic carbocycles. The van der Waals surface area contributed by atoms with Crippen LogP contribution in [0.5, 0.6) is 0 Å². The van der Waals surface area contributed by atoms with E-state index in [1.165, 1.54) is 28.7 Å². The van der Waals surface area contributed by atoms with E-state index in [4.69, 9.17) is 0 Å². The summed E-state index contributed by atoms with van der Waals surface area (Å²) in [7, 11) is 0. The average molecular weight is 320 g/mol. The van der Waals surface area contributed by atoms with E-state index in [1.807, 2.05) is 35.9 Å². The number of imidazole rings is 1. The largest absolute Gasteiger partial charge is 0.282 e. The fourth-order valence-corrected chi connectivity index (χ4v) is 4.75. The number of hydrogen-bond donors (Lipinski definition) is 0. The van der Waals surface area contributed by atoms with Crippen LogP contribution in [0.15, 0.2) is 36.9 Å². The molecular weight excluding hydrogens is 304 g/mol. The van der Waals surface area contributed by atoms with Gasteiger partial charge in [-0.3, -0.25) is 4.57 Å². The number of aryl methyl sites for hydroxylation is 1. The van der Waals surface area contributed by atoms with Gasteiger partial charge in [-0.2, -0.15) is 0 Å². The highest BCUT2D eigenvalue weighted by Crippen LogP contribution is 2.39. The Hall–Kier alpha value is -2.27. The van der Waals surface area contributed by atoms with Crippen LogP contribution in [0.4, 0.5) is 0 Å².